The van der Waals surface area contributed by atoms with E-state index in [0.717, 1.165) is 19.4 Å². The van der Waals surface area contributed by atoms with Crippen LogP contribution in [0.25, 0.3) is 0 Å². The molecule has 0 aliphatic carbocycles. The molecule has 0 saturated carbocycles. The van der Waals surface area contributed by atoms with Gasteiger partial charge < -0.3 is 10.1 Å². The zero-order chi connectivity index (χ0) is 12.2. The van der Waals surface area contributed by atoms with Gasteiger partial charge in [-0.3, -0.25) is 14.9 Å². The van der Waals surface area contributed by atoms with Gasteiger partial charge in [-0.25, -0.2) is 0 Å². The molecule has 1 fully saturated rings. The lowest BCUT2D eigenvalue weighted by molar-refractivity contribution is -0.153. The fourth-order valence-corrected chi connectivity index (χ4v) is 1.55. The van der Waals surface area contributed by atoms with Crippen LogP contribution in [-0.4, -0.2) is 36.6 Å². The zero-order valence-electron chi connectivity index (χ0n) is 10.1. The highest BCUT2D eigenvalue weighted by atomic mass is 16.6. The Morgan fingerprint density at radius 3 is 2.81 bits per heavy atom. The predicted molar refractivity (Wildman–Crippen MR) is 59.9 cm³/mol. The molecule has 0 aromatic carbocycles. The first-order valence-corrected chi connectivity index (χ1v) is 5.61. The number of rotatable bonds is 3. The zero-order valence-corrected chi connectivity index (χ0v) is 10.1. The van der Waals surface area contributed by atoms with Crippen LogP contribution in [0.3, 0.4) is 0 Å². The minimum atomic E-state index is -0.479. The summed E-state index contributed by atoms with van der Waals surface area (Å²) in [5, 5.41) is 5.66. The highest BCUT2D eigenvalue weighted by Gasteiger charge is 2.23. The van der Waals surface area contributed by atoms with Gasteiger partial charge in [0.25, 0.3) is 0 Å². The largest absolute Gasteiger partial charge is 0.459 e. The van der Waals surface area contributed by atoms with Crippen molar-refractivity contribution in [2.75, 3.05) is 13.1 Å². The lowest BCUT2D eigenvalue weighted by atomic mass is 10.1. The molecule has 1 unspecified atom stereocenters. The second kappa shape index (κ2) is 5.30. The van der Waals surface area contributed by atoms with Crippen LogP contribution in [0.15, 0.2) is 0 Å². The van der Waals surface area contributed by atoms with Crippen LogP contribution in [0.1, 0.15) is 33.6 Å². The molecule has 1 aliphatic rings. The molecule has 0 bridgehead atoms. The standard InChI is InChI=1S/C11H20N2O3/c1-11(2,3)16-9(14)7-13-8-5-4-6-12-10(8)15/h8,13H,4-7H2,1-3H3,(H,12,15). The first-order valence-electron chi connectivity index (χ1n) is 5.61. The number of hydrogen-bond donors (Lipinski definition) is 2. The van der Waals surface area contributed by atoms with Crippen molar-refractivity contribution in [1.29, 1.82) is 0 Å². The van der Waals surface area contributed by atoms with Crippen LogP contribution < -0.4 is 10.6 Å². The van der Waals surface area contributed by atoms with Gasteiger partial charge >= 0.3 is 5.97 Å². The average molecular weight is 228 g/mol. The third-order valence-electron chi connectivity index (χ3n) is 2.20. The molecule has 1 rings (SSSR count). The van der Waals surface area contributed by atoms with E-state index in [9.17, 15) is 9.59 Å². The third kappa shape index (κ3) is 4.61. The summed E-state index contributed by atoms with van der Waals surface area (Å²) < 4.78 is 5.13. The van der Waals surface area contributed by atoms with Crippen LogP contribution in [0.5, 0.6) is 0 Å². The maximum Gasteiger partial charge on any atom is 0.320 e. The summed E-state index contributed by atoms with van der Waals surface area (Å²) in [7, 11) is 0. The Kier molecular flexibility index (Phi) is 4.29. The number of esters is 1. The molecule has 5 heteroatoms. The first-order chi connectivity index (χ1) is 7.38. The third-order valence-corrected chi connectivity index (χ3v) is 2.20. The molecule has 0 spiro atoms. The van der Waals surface area contributed by atoms with Gasteiger partial charge in [0, 0.05) is 6.54 Å². The van der Waals surface area contributed by atoms with E-state index < -0.39 is 5.60 Å². The fourth-order valence-electron chi connectivity index (χ4n) is 1.55. The minimum absolute atomic E-state index is 0.0326. The molecule has 1 atom stereocenters. The summed E-state index contributed by atoms with van der Waals surface area (Å²) in [6.07, 6.45) is 1.71. The van der Waals surface area contributed by atoms with E-state index >= 15 is 0 Å². The summed E-state index contributed by atoms with van der Waals surface area (Å²) >= 11 is 0. The van der Waals surface area contributed by atoms with Crippen molar-refractivity contribution in [3.05, 3.63) is 0 Å². The second-order valence-electron chi connectivity index (χ2n) is 4.95. The molecule has 1 aliphatic heterocycles. The van der Waals surface area contributed by atoms with E-state index in [1.54, 1.807) is 0 Å². The van der Waals surface area contributed by atoms with E-state index in [2.05, 4.69) is 10.6 Å². The quantitative estimate of drug-likeness (QED) is 0.677. The summed E-state index contributed by atoms with van der Waals surface area (Å²) in [6, 6.07) is -0.263. The van der Waals surface area contributed by atoms with Crippen LogP contribution >= 0.6 is 0 Å². The predicted octanol–water partition coefficient (Wildman–Crippen LogP) is 0.196. The van der Waals surface area contributed by atoms with E-state index in [4.69, 9.17) is 4.74 Å². The van der Waals surface area contributed by atoms with E-state index in [0.29, 0.717) is 0 Å². The number of piperidine rings is 1. The molecule has 0 aromatic heterocycles. The van der Waals surface area contributed by atoms with Crippen molar-refractivity contribution in [2.45, 2.75) is 45.3 Å². The van der Waals surface area contributed by atoms with Crippen molar-refractivity contribution in [2.24, 2.45) is 0 Å². The van der Waals surface area contributed by atoms with Crippen molar-refractivity contribution in [3.8, 4) is 0 Å². The molecule has 1 saturated heterocycles. The smallest absolute Gasteiger partial charge is 0.320 e. The van der Waals surface area contributed by atoms with Gasteiger partial charge in [0.2, 0.25) is 5.91 Å². The number of nitrogens with one attached hydrogen (secondary N) is 2. The Morgan fingerprint density at radius 1 is 1.56 bits per heavy atom. The molecule has 92 valence electrons. The van der Waals surface area contributed by atoms with E-state index in [-0.39, 0.29) is 24.5 Å². The monoisotopic (exact) mass is 228 g/mol. The molecular formula is C11H20N2O3. The Bertz CT molecular complexity index is 271. The van der Waals surface area contributed by atoms with Gasteiger partial charge in [0.05, 0.1) is 12.6 Å². The topological polar surface area (TPSA) is 67.4 Å². The summed E-state index contributed by atoms with van der Waals surface area (Å²) in [5.41, 5.74) is -0.479. The summed E-state index contributed by atoms with van der Waals surface area (Å²) in [4.78, 5) is 22.8. The fraction of sp³-hybridized carbons (Fsp3) is 0.818. The average Bonchev–Trinajstić information content (AvgIpc) is 2.14. The normalized spacial score (nSPS) is 21.4. The van der Waals surface area contributed by atoms with Crippen LogP contribution in [0.4, 0.5) is 0 Å². The molecule has 2 N–H and O–H groups in total. The second-order valence-corrected chi connectivity index (χ2v) is 4.95. The Labute approximate surface area is 95.9 Å². The maximum atomic E-state index is 11.4. The number of ether oxygens (including phenoxy) is 1. The Hall–Kier alpha value is -1.10. The van der Waals surface area contributed by atoms with Gasteiger partial charge in [-0.05, 0) is 33.6 Å². The molecule has 5 nitrogen and oxygen atoms in total. The van der Waals surface area contributed by atoms with Crippen molar-refractivity contribution >= 4 is 11.9 Å². The van der Waals surface area contributed by atoms with Crippen molar-refractivity contribution < 1.29 is 14.3 Å². The molecule has 1 heterocycles. The van der Waals surface area contributed by atoms with Crippen molar-refractivity contribution in [1.82, 2.24) is 10.6 Å². The molecular weight excluding hydrogens is 208 g/mol. The number of carbonyl (C=O) groups excluding carboxylic acids is 2. The van der Waals surface area contributed by atoms with Gasteiger partial charge in [-0.2, -0.15) is 0 Å². The Balaban J connectivity index is 2.28. The summed E-state index contributed by atoms with van der Waals surface area (Å²) in [6.45, 7) is 6.26. The number of hydrogen-bond acceptors (Lipinski definition) is 4. The molecule has 0 radical (unpaired) electrons. The number of amides is 1. The molecule has 1 amide bonds. The SMILES string of the molecule is CC(C)(C)OC(=O)CNC1CCCNC1=O. The first kappa shape index (κ1) is 13.0. The van der Waals surface area contributed by atoms with Gasteiger partial charge in [-0.15, -0.1) is 0 Å². The highest BCUT2D eigenvalue weighted by Crippen LogP contribution is 2.07. The molecule has 0 aromatic rings. The lowest BCUT2D eigenvalue weighted by Gasteiger charge is -2.24. The number of carbonyl (C=O) groups is 2. The van der Waals surface area contributed by atoms with Crippen LogP contribution in [-0.2, 0) is 14.3 Å². The van der Waals surface area contributed by atoms with E-state index in [1.165, 1.54) is 0 Å². The van der Waals surface area contributed by atoms with E-state index in [1.807, 2.05) is 20.8 Å². The maximum absolute atomic E-state index is 11.4. The Morgan fingerprint density at radius 2 is 2.25 bits per heavy atom. The molecule has 16 heavy (non-hydrogen) atoms. The lowest BCUT2D eigenvalue weighted by Crippen LogP contribution is -2.50. The summed E-state index contributed by atoms with van der Waals surface area (Å²) in [5.74, 6) is -0.360. The van der Waals surface area contributed by atoms with Crippen LogP contribution in [0, 0.1) is 0 Å². The van der Waals surface area contributed by atoms with Gasteiger partial charge in [-0.1, -0.05) is 0 Å². The van der Waals surface area contributed by atoms with Crippen molar-refractivity contribution in [3.63, 3.8) is 0 Å². The van der Waals surface area contributed by atoms with Gasteiger partial charge in [0.15, 0.2) is 0 Å². The highest BCUT2D eigenvalue weighted by molar-refractivity contribution is 5.83. The van der Waals surface area contributed by atoms with Gasteiger partial charge in [0.1, 0.15) is 5.60 Å². The van der Waals surface area contributed by atoms with Crippen LogP contribution in [0.2, 0.25) is 0 Å². The minimum Gasteiger partial charge on any atom is -0.459 e.